The second-order valence-corrected chi connectivity index (χ2v) is 7.50. The molecule has 1 fully saturated rings. The van der Waals surface area contributed by atoms with Crippen LogP contribution >= 0.6 is 11.6 Å². The standard InChI is InChI=1S/C21H21ClN4O6/c1-13(27)24-7-9-25(10-8-24)18-6-4-14(12-19(18)26(30)31)20(28)23-17-11-15(21(29)32-2)3-5-16(17)22/h3-6,11-12H,7-10H2,1-2H3,(H,23,28). The third kappa shape index (κ3) is 4.97. The van der Waals surface area contributed by atoms with E-state index in [9.17, 15) is 24.5 Å². The number of nitrogens with zero attached hydrogens (tertiary/aromatic N) is 3. The van der Waals surface area contributed by atoms with Gasteiger partial charge in [0.2, 0.25) is 5.91 Å². The van der Waals surface area contributed by atoms with Gasteiger partial charge in [0.15, 0.2) is 0 Å². The number of anilines is 2. The number of nitro groups is 1. The minimum atomic E-state index is -0.620. The van der Waals surface area contributed by atoms with Crippen molar-refractivity contribution in [2.24, 2.45) is 0 Å². The first kappa shape index (κ1) is 23.0. The molecule has 0 atom stereocenters. The van der Waals surface area contributed by atoms with Crippen molar-refractivity contribution in [3.05, 3.63) is 62.7 Å². The van der Waals surface area contributed by atoms with Crippen LogP contribution in [0.15, 0.2) is 36.4 Å². The van der Waals surface area contributed by atoms with Crippen molar-refractivity contribution >= 4 is 46.4 Å². The molecule has 0 aromatic heterocycles. The number of piperazine rings is 1. The number of ether oxygens (including phenoxy) is 1. The summed E-state index contributed by atoms with van der Waals surface area (Å²) in [5, 5.41) is 14.5. The first-order chi connectivity index (χ1) is 15.2. The van der Waals surface area contributed by atoms with Gasteiger partial charge >= 0.3 is 5.97 Å². The van der Waals surface area contributed by atoms with Crippen LogP contribution in [0.2, 0.25) is 5.02 Å². The van der Waals surface area contributed by atoms with Gasteiger partial charge in [-0.2, -0.15) is 0 Å². The fourth-order valence-corrected chi connectivity index (χ4v) is 3.57. The normalized spacial score (nSPS) is 13.5. The summed E-state index contributed by atoms with van der Waals surface area (Å²) in [6.07, 6.45) is 0. The Bertz CT molecular complexity index is 1080. The zero-order chi connectivity index (χ0) is 23.4. The number of hydrogen-bond donors (Lipinski definition) is 1. The smallest absolute Gasteiger partial charge is 0.337 e. The van der Waals surface area contributed by atoms with Crippen LogP contribution in [0.1, 0.15) is 27.6 Å². The predicted octanol–water partition coefficient (Wildman–Crippen LogP) is 2.96. The third-order valence-corrected chi connectivity index (χ3v) is 5.47. The van der Waals surface area contributed by atoms with E-state index in [0.29, 0.717) is 31.9 Å². The lowest BCUT2D eigenvalue weighted by Gasteiger charge is -2.35. The molecule has 1 heterocycles. The van der Waals surface area contributed by atoms with Gasteiger partial charge in [-0.25, -0.2) is 4.79 Å². The average Bonchev–Trinajstić information content (AvgIpc) is 2.79. The van der Waals surface area contributed by atoms with Crippen molar-refractivity contribution in [2.45, 2.75) is 6.92 Å². The van der Waals surface area contributed by atoms with E-state index in [1.54, 1.807) is 4.90 Å². The van der Waals surface area contributed by atoms with Crippen molar-refractivity contribution < 1.29 is 24.0 Å². The Kier molecular flexibility index (Phi) is 6.94. The van der Waals surface area contributed by atoms with Gasteiger partial charge in [-0.15, -0.1) is 0 Å². The average molecular weight is 461 g/mol. The number of nitro benzene ring substituents is 1. The van der Waals surface area contributed by atoms with E-state index in [1.165, 1.54) is 50.4 Å². The lowest BCUT2D eigenvalue weighted by molar-refractivity contribution is -0.384. The molecule has 1 aliphatic heterocycles. The maximum absolute atomic E-state index is 12.7. The van der Waals surface area contributed by atoms with E-state index in [0.717, 1.165) is 0 Å². The lowest BCUT2D eigenvalue weighted by Crippen LogP contribution is -2.48. The van der Waals surface area contributed by atoms with E-state index >= 15 is 0 Å². The van der Waals surface area contributed by atoms with Crippen molar-refractivity contribution in [1.82, 2.24) is 4.90 Å². The first-order valence-corrected chi connectivity index (χ1v) is 10.1. The predicted molar refractivity (Wildman–Crippen MR) is 118 cm³/mol. The topological polar surface area (TPSA) is 122 Å². The van der Waals surface area contributed by atoms with Crippen LogP contribution in [0.3, 0.4) is 0 Å². The van der Waals surface area contributed by atoms with Crippen LogP contribution in [0.5, 0.6) is 0 Å². The van der Waals surface area contributed by atoms with Gasteiger partial charge < -0.3 is 19.9 Å². The lowest BCUT2D eigenvalue weighted by atomic mass is 10.1. The van der Waals surface area contributed by atoms with Crippen molar-refractivity contribution in [2.75, 3.05) is 43.5 Å². The molecule has 1 aliphatic rings. The van der Waals surface area contributed by atoms with E-state index in [4.69, 9.17) is 11.6 Å². The number of esters is 1. The number of carbonyl (C=O) groups excluding carboxylic acids is 3. The van der Waals surface area contributed by atoms with Gasteiger partial charge in [0.25, 0.3) is 11.6 Å². The summed E-state index contributed by atoms with van der Waals surface area (Å²) >= 11 is 6.11. The molecule has 0 spiro atoms. The molecule has 2 amide bonds. The SMILES string of the molecule is COC(=O)c1ccc(Cl)c(NC(=O)c2ccc(N3CCN(C(C)=O)CC3)c([N+](=O)[O-])c2)c1. The summed E-state index contributed by atoms with van der Waals surface area (Å²) in [4.78, 5) is 50.6. The van der Waals surface area contributed by atoms with Crippen LogP contribution in [-0.2, 0) is 9.53 Å². The summed E-state index contributed by atoms with van der Waals surface area (Å²) in [5.74, 6) is -1.26. The van der Waals surface area contributed by atoms with Crippen LogP contribution in [-0.4, -0.2) is 60.9 Å². The number of hydrogen-bond acceptors (Lipinski definition) is 7. The Morgan fingerprint density at radius 1 is 1.06 bits per heavy atom. The Hall–Kier alpha value is -3.66. The minimum absolute atomic E-state index is 0.0406. The van der Waals surface area contributed by atoms with Gasteiger partial charge in [-0.1, -0.05) is 11.6 Å². The molecule has 1 saturated heterocycles. The quantitative estimate of drug-likeness (QED) is 0.413. The van der Waals surface area contributed by atoms with Crippen LogP contribution in [0.4, 0.5) is 17.1 Å². The molecule has 32 heavy (non-hydrogen) atoms. The first-order valence-electron chi connectivity index (χ1n) is 9.69. The Balaban J connectivity index is 1.83. The third-order valence-electron chi connectivity index (χ3n) is 5.14. The second kappa shape index (κ2) is 9.65. The molecule has 3 rings (SSSR count). The molecule has 0 bridgehead atoms. The Morgan fingerprint density at radius 3 is 2.31 bits per heavy atom. The minimum Gasteiger partial charge on any atom is -0.465 e. The van der Waals surface area contributed by atoms with E-state index < -0.39 is 16.8 Å². The molecule has 2 aromatic rings. The summed E-state index contributed by atoms with van der Waals surface area (Å²) < 4.78 is 4.66. The zero-order valence-electron chi connectivity index (χ0n) is 17.5. The molecule has 0 unspecified atom stereocenters. The van der Waals surface area contributed by atoms with Crippen molar-refractivity contribution in [1.29, 1.82) is 0 Å². The Morgan fingerprint density at radius 2 is 1.72 bits per heavy atom. The molecular formula is C21H21ClN4O6. The molecule has 0 aliphatic carbocycles. The summed E-state index contributed by atoms with van der Waals surface area (Å²) in [6, 6.07) is 8.45. The molecule has 11 heteroatoms. The monoisotopic (exact) mass is 460 g/mol. The summed E-state index contributed by atoms with van der Waals surface area (Å²) in [6.45, 7) is 3.30. The maximum Gasteiger partial charge on any atom is 0.337 e. The number of amides is 2. The van der Waals surface area contributed by atoms with Gasteiger partial charge in [0, 0.05) is 44.7 Å². The van der Waals surface area contributed by atoms with Gasteiger partial charge in [-0.05, 0) is 30.3 Å². The zero-order valence-corrected chi connectivity index (χ0v) is 18.2. The highest BCUT2D eigenvalue weighted by molar-refractivity contribution is 6.34. The molecule has 2 aromatic carbocycles. The molecule has 168 valence electrons. The summed E-state index contributed by atoms with van der Waals surface area (Å²) in [7, 11) is 1.23. The van der Waals surface area contributed by atoms with Crippen LogP contribution in [0.25, 0.3) is 0 Å². The van der Waals surface area contributed by atoms with Gasteiger partial charge in [-0.3, -0.25) is 19.7 Å². The van der Waals surface area contributed by atoms with Crippen molar-refractivity contribution in [3.63, 3.8) is 0 Å². The fourth-order valence-electron chi connectivity index (χ4n) is 3.40. The molecular weight excluding hydrogens is 440 g/mol. The summed E-state index contributed by atoms with van der Waals surface area (Å²) in [5.41, 5.74) is 0.580. The second-order valence-electron chi connectivity index (χ2n) is 7.09. The van der Waals surface area contributed by atoms with Crippen LogP contribution < -0.4 is 10.2 Å². The van der Waals surface area contributed by atoms with Gasteiger partial charge in [0.05, 0.1) is 28.3 Å². The maximum atomic E-state index is 12.7. The van der Waals surface area contributed by atoms with Gasteiger partial charge in [0.1, 0.15) is 5.69 Å². The number of carbonyl (C=O) groups is 3. The van der Waals surface area contributed by atoms with E-state index in [2.05, 4.69) is 10.1 Å². The molecule has 10 nitrogen and oxygen atoms in total. The number of halogens is 1. The Labute approximate surface area is 188 Å². The molecule has 1 N–H and O–H groups in total. The highest BCUT2D eigenvalue weighted by Gasteiger charge is 2.26. The number of methoxy groups -OCH3 is 1. The number of benzene rings is 2. The highest BCUT2D eigenvalue weighted by Crippen LogP contribution is 2.31. The van der Waals surface area contributed by atoms with Crippen LogP contribution in [0, 0.1) is 10.1 Å². The molecule has 0 radical (unpaired) electrons. The molecule has 0 saturated carbocycles. The largest absolute Gasteiger partial charge is 0.465 e. The number of rotatable bonds is 5. The fraction of sp³-hybridized carbons (Fsp3) is 0.286. The highest BCUT2D eigenvalue weighted by atomic mass is 35.5. The van der Waals surface area contributed by atoms with E-state index in [1.807, 2.05) is 4.90 Å². The van der Waals surface area contributed by atoms with E-state index in [-0.39, 0.29) is 33.4 Å². The van der Waals surface area contributed by atoms with Crippen molar-refractivity contribution in [3.8, 4) is 0 Å². The number of nitrogens with one attached hydrogen (secondary N) is 1.